The van der Waals surface area contributed by atoms with Gasteiger partial charge in [-0.25, -0.2) is 0 Å². The van der Waals surface area contributed by atoms with Crippen molar-refractivity contribution in [2.24, 2.45) is 11.1 Å². The van der Waals surface area contributed by atoms with Crippen LogP contribution in [-0.2, 0) is 4.79 Å². The minimum atomic E-state index is -0.0677. The van der Waals surface area contributed by atoms with Crippen LogP contribution in [0.15, 0.2) is 5.16 Å². The highest BCUT2D eigenvalue weighted by Gasteiger charge is 2.10. The molecule has 0 bridgehead atoms. The Hall–Kier alpha value is -0.570. The Balaban J connectivity index is 0. The second-order valence-electron chi connectivity index (χ2n) is 2.83. The summed E-state index contributed by atoms with van der Waals surface area (Å²) in [6.07, 6.45) is 1.46. The highest BCUT2D eigenvalue weighted by atomic mass is 35.5. The Bertz CT molecular complexity index is 168. The first kappa shape index (κ1) is 14.0. The van der Waals surface area contributed by atoms with Gasteiger partial charge in [0, 0.05) is 6.42 Å². The fourth-order valence-corrected chi connectivity index (χ4v) is 0.664. The molecule has 3 nitrogen and oxygen atoms in total. The van der Waals surface area contributed by atoms with E-state index in [-0.39, 0.29) is 23.9 Å². The molecule has 0 fully saturated rings. The van der Waals surface area contributed by atoms with Gasteiger partial charge in [0.2, 0.25) is 0 Å². The van der Waals surface area contributed by atoms with Crippen LogP contribution in [0.4, 0.5) is 0 Å². The van der Waals surface area contributed by atoms with Crippen molar-refractivity contribution in [1.29, 1.82) is 0 Å². The molecule has 1 unspecified atom stereocenters. The van der Waals surface area contributed by atoms with Crippen LogP contribution in [0.3, 0.4) is 0 Å². The summed E-state index contributed by atoms with van der Waals surface area (Å²) in [7, 11) is 0. The summed E-state index contributed by atoms with van der Waals surface area (Å²) in [5, 5.41) is 11.1. The molecule has 0 saturated heterocycles. The second kappa shape index (κ2) is 7.10. The molecule has 0 radical (unpaired) electrons. The maximum atomic E-state index is 11.1. The molecule has 1 N–H and O–H groups in total. The van der Waals surface area contributed by atoms with Crippen molar-refractivity contribution in [1.82, 2.24) is 0 Å². The quantitative estimate of drug-likeness (QED) is 0.423. The second-order valence-corrected chi connectivity index (χ2v) is 2.83. The van der Waals surface area contributed by atoms with E-state index in [1.165, 1.54) is 6.92 Å². The minimum absolute atomic E-state index is 0. The third-order valence-electron chi connectivity index (χ3n) is 1.78. The van der Waals surface area contributed by atoms with E-state index < -0.39 is 0 Å². The van der Waals surface area contributed by atoms with Crippen molar-refractivity contribution in [3.63, 3.8) is 0 Å². The molecule has 0 aromatic rings. The molecule has 0 amide bonds. The smallest absolute Gasteiger partial charge is 0.180 e. The molecular formula is C8H16ClNO2. The summed E-state index contributed by atoms with van der Waals surface area (Å²) in [5.74, 6) is 0.307. The molecule has 0 saturated carbocycles. The van der Waals surface area contributed by atoms with E-state index in [2.05, 4.69) is 5.16 Å². The van der Waals surface area contributed by atoms with Crippen LogP contribution in [0.25, 0.3) is 0 Å². The van der Waals surface area contributed by atoms with Crippen molar-refractivity contribution in [2.45, 2.75) is 33.6 Å². The molecule has 0 aliphatic rings. The molecule has 0 aliphatic heterocycles. The van der Waals surface area contributed by atoms with Gasteiger partial charge in [0.25, 0.3) is 0 Å². The van der Waals surface area contributed by atoms with Crippen molar-refractivity contribution in [2.75, 3.05) is 0 Å². The van der Waals surface area contributed by atoms with Gasteiger partial charge in [-0.3, -0.25) is 4.79 Å². The first-order valence-corrected chi connectivity index (χ1v) is 3.83. The zero-order valence-corrected chi connectivity index (χ0v) is 8.52. The number of hydrogen-bond acceptors (Lipinski definition) is 3. The molecule has 4 heteroatoms. The average Bonchev–Trinajstić information content (AvgIpc) is 2.02. The first-order valence-electron chi connectivity index (χ1n) is 3.83. The van der Waals surface area contributed by atoms with Gasteiger partial charge in [0.15, 0.2) is 5.78 Å². The van der Waals surface area contributed by atoms with Gasteiger partial charge in [-0.15, -0.1) is 12.4 Å². The lowest BCUT2D eigenvalue weighted by Crippen LogP contribution is -2.13. The zero-order valence-electron chi connectivity index (χ0n) is 7.70. The zero-order chi connectivity index (χ0) is 8.85. The molecule has 0 heterocycles. The summed E-state index contributed by atoms with van der Waals surface area (Å²) >= 11 is 0. The van der Waals surface area contributed by atoms with Gasteiger partial charge in [-0.1, -0.05) is 25.4 Å². The van der Waals surface area contributed by atoms with Crippen LogP contribution < -0.4 is 0 Å². The normalized spacial score (nSPS) is 13.4. The highest BCUT2D eigenvalue weighted by molar-refractivity contribution is 6.38. The van der Waals surface area contributed by atoms with Gasteiger partial charge >= 0.3 is 0 Å². The topological polar surface area (TPSA) is 49.7 Å². The van der Waals surface area contributed by atoms with Crippen molar-refractivity contribution < 1.29 is 10.0 Å². The summed E-state index contributed by atoms with van der Waals surface area (Å²) in [6.45, 7) is 5.55. The SMILES string of the molecule is CCC(C)CC(=O)C(C)=NO.Cl. The maximum Gasteiger partial charge on any atom is 0.180 e. The van der Waals surface area contributed by atoms with Crippen LogP contribution in [-0.4, -0.2) is 16.7 Å². The summed E-state index contributed by atoms with van der Waals surface area (Å²) < 4.78 is 0. The molecule has 72 valence electrons. The Morgan fingerprint density at radius 1 is 1.58 bits per heavy atom. The lowest BCUT2D eigenvalue weighted by Gasteiger charge is -2.04. The van der Waals surface area contributed by atoms with Gasteiger partial charge in [-0.05, 0) is 12.8 Å². The molecule has 0 aliphatic carbocycles. The molecule has 0 rings (SSSR count). The van der Waals surface area contributed by atoms with Gasteiger partial charge in [0.1, 0.15) is 5.71 Å². The van der Waals surface area contributed by atoms with E-state index in [9.17, 15) is 4.79 Å². The minimum Gasteiger partial charge on any atom is -0.411 e. The predicted octanol–water partition coefficient (Wildman–Crippen LogP) is 2.26. The molecule has 0 aromatic carbocycles. The van der Waals surface area contributed by atoms with Crippen LogP contribution in [0.5, 0.6) is 0 Å². The maximum absolute atomic E-state index is 11.1. The van der Waals surface area contributed by atoms with Gasteiger partial charge < -0.3 is 5.21 Å². The number of hydrogen-bond donors (Lipinski definition) is 1. The van der Waals surface area contributed by atoms with E-state index >= 15 is 0 Å². The van der Waals surface area contributed by atoms with E-state index in [1.54, 1.807) is 0 Å². The Morgan fingerprint density at radius 3 is 2.42 bits per heavy atom. The number of carbonyl (C=O) groups excluding carboxylic acids is 1. The number of rotatable bonds is 4. The lowest BCUT2D eigenvalue weighted by molar-refractivity contribution is -0.113. The number of Topliss-reactive ketones (excluding diaryl/α,β-unsaturated/α-hetero) is 1. The average molecular weight is 194 g/mol. The summed E-state index contributed by atoms with van der Waals surface area (Å²) in [5.41, 5.74) is 0.199. The molecule has 0 spiro atoms. The molecule has 12 heavy (non-hydrogen) atoms. The standard InChI is InChI=1S/C8H15NO2.ClH/c1-4-6(2)5-8(10)7(3)9-11;/h6,11H,4-5H2,1-3H3;1H. The predicted molar refractivity (Wildman–Crippen MR) is 51.2 cm³/mol. The third-order valence-corrected chi connectivity index (χ3v) is 1.78. The summed E-state index contributed by atoms with van der Waals surface area (Å²) in [6, 6.07) is 0. The van der Waals surface area contributed by atoms with E-state index in [1.807, 2.05) is 13.8 Å². The fourth-order valence-electron chi connectivity index (χ4n) is 0.664. The van der Waals surface area contributed by atoms with E-state index in [4.69, 9.17) is 5.21 Å². The van der Waals surface area contributed by atoms with Gasteiger partial charge in [-0.2, -0.15) is 0 Å². The molecule has 1 atom stereocenters. The van der Waals surface area contributed by atoms with Crippen LogP contribution in [0.2, 0.25) is 0 Å². The van der Waals surface area contributed by atoms with Crippen LogP contribution >= 0.6 is 12.4 Å². The largest absolute Gasteiger partial charge is 0.411 e. The fraction of sp³-hybridized carbons (Fsp3) is 0.750. The van der Waals surface area contributed by atoms with Crippen LogP contribution in [0.1, 0.15) is 33.6 Å². The highest BCUT2D eigenvalue weighted by Crippen LogP contribution is 2.07. The third kappa shape index (κ3) is 5.13. The van der Waals surface area contributed by atoms with Crippen molar-refractivity contribution in [3.05, 3.63) is 0 Å². The Kier molecular flexibility index (Phi) is 8.27. The number of carbonyl (C=O) groups is 1. The Labute approximate surface area is 79.3 Å². The number of oxime groups is 1. The first-order chi connectivity index (χ1) is 5.11. The van der Waals surface area contributed by atoms with Crippen molar-refractivity contribution in [3.8, 4) is 0 Å². The Morgan fingerprint density at radius 2 is 2.08 bits per heavy atom. The van der Waals surface area contributed by atoms with Crippen LogP contribution in [0, 0.1) is 5.92 Å². The van der Waals surface area contributed by atoms with Gasteiger partial charge in [0.05, 0.1) is 0 Å². The molecule has 0 aromatic heterocycles. The van der Waals surface area contributed by atoms with E-state index in [0.29, 0.717) is 12.3 Å². The lowest BCUT2D eigenvalue weighted by atomic mass is 10.0. The summed E-state index contributed by atoms with van der Waals surface area (Å²) in [4.78, 5) is 11.1. The van der Waals surface area contributed by atoms with Crippen molar-refractivity contribution >= 4 is 23.9 Å². The van der Waals surface area contributed by atoms with E-state index in [0.717, 1.165) is 6.42 Å². The number of nitrogens with zero attached hydrogens (tertiary/aromatic N) is 1. The number of ketones is 1. The number of halogens is 1. The monoisotopic (exact) mass is 193 g/mol. The molecular weight excluding hydrogens is 178 g/mol.